The van der Waals surface area contributed by atoms with Crippen LogP contribution in [0.3, 0.4) is 0 Å². The van der Waals surface area contributed by atoms with E-state index in [0.717, 1.165) is 27.8 Å². The van der Waals surface area contributed by atoms with E-state index in [-0.39, 0.29) is 17.9 Å². The summed E-state index contributed by atoms with van der Waals surface area (Å²) in [6.07, 6.45) is 5.10. The number of amides is 2. The number of imidazole rings is 1. The maximum atomic E-state index is 13.4. The molecular weight excluding hydrogens is 432 g/mol. The van der Waals surface area contributed by atoms with Crippen molar-refractivity contribution in [2.24, 2.45) is 0 Å². The van der Waals surface area contributed by atoms with Crippen molar-refractivity contribution in [2.45, 2.75) is 26.1 Å². The topological polar surface area (TPSA) is 125 Å². The van der Waals surface area contributed by atoms with Crippen LogP contribution in [-0.2, 0) is 13.1 Å². The lowest BCUT2D eigenvalue weighted by molar-refractivity contribution is 0.0712. The molecule has 34 heavy (non-hydrogen) atoms. The van der Waals surface area contributed by atoms with Gasteiger partial charge in [0.05, 0.1) is 18.2 Å². The number of aryl methyl sites for hydroxylation is 1. The van der Waals surface area contributed by atoms with E-state index >= 15 is 0 Å². The molecule has 0 saturated heterocycles. The molecule has 1 atom stereocenters. The fourth-order valence-electron chi connectivity index (χ4n) is 4.47. The van der Waals surface area contributed by atoms with Crippen molar-refractivity contribution < 1.29 is 9.59 Å². The van der Waals surface area contributed by atoms with E-state index in [1.165, 1.54) is 6.20 Å². The highest BCUT2D eigenvalue weighted by Gasteiger charge is 2.28. The van der Waals surface area contributed by atoms with Crippen molar-refractivity contribution in [2.75, 3.05) is 6.54 Å². The number of aromatic amines is 2. The van der Waals surface area contributed by atoms with Gasteiger partial charge in [-0.25, -0.2) is 9.97 Å². The summed E-state index contributed by atoms with van der Waals surface area (Å²) in [6.45, 7) is 3.11. The smallest absolute Gasteiger partial charge is 0.270 e. The van der Waals surface area contributed by atoms with E-state index in [1.54, 1.807) is 17.2 Å². The highest BCUT2D eigenvalue weighted by molar-refractivity contribution is 5.99. The number of rotatable bonds is 3. The molecule has 1 unspecified atom stereocenters. The Labute approximate surface area is 194 Å². The summed E-state index contributed by atoms with van der Waals surface area (Å²) in [5.74, 6) is 0.393. The van der Waals surface area contributed by atoms with E-state index in [2.05, 4.69) is 30.5 Å². The summed E-state index contributed by atoms with van der Waals surface area (Å²) in [7, 11) is 0. The van der Waals surface area contributed by atoms with Gasteiger partial charge in [-0.2, -0.15) is 5.10 Å². The van der Waals surface area contributed by atoms with Crippen LogP contribution in [0.25, 0.3) is 21.9 Å². The number of nitrogens with one attached hydrogen (secondary N) is 3. The van der Waals surface area contributed by atoms with Gasteiger partial charge in [-0.3, -0.25) is 14.7 Å². The van der Waals surface area contributed by atoms with Crippen molar-refractivity contribution in [1.82, 2.24) is 39.9 Å². The minimum atomic E-state index is -0.308. The summed E-state index contributed by atoms with van der Waals surface area (Å²) in [5.41, 5.74) is 3.29. The lowest BCUT2D eigenvalue weighted by Crippen LogP contribution is -2.45. The predicted molar refractivity (Wildman–Crippen MR) is 125 cm³/mol. The van der Waals surface area contributed by atoms with Crippen LogP contribution in [0.15, 0.2) is 55.0 Å². The minimum absolute atomic E-state index is 0.135. The fraction of sp³-hybridized carbons (Fsp3) is 0.208. The molecule has 3 N–H and O–H groups in total. The van der Waals surface area contributed by atoms with Gasteiger partial charge in [0.1, 0.15) is 11.5 Å². The monoisotopic (exact) mass is 454 g/mol. The number of H-pyrrole nitrogens is 2. The van der Waals surface area contributed by atoms with E-state index in [1.807, 2.05) is 48.0 Å². The number of hydrogen-bond donors (Lipinski definition) is 3. The molecule has 1 aromatic carbocycles. The molecule has 6 rings (SSSR count). The first-order valence-corrected chi connectivity index (χ1v) is 11.0. The molecule has 170 valence electrons. The number of pyridine rings is 1. The molecule has 0 radical (unpaired) electrons. The third kappa shape index (κ3) is 3.49. The van der Waals surface area contributed by atoms with Gasteiger partial charge < -0.3 is 19.8 Å². The summed E-state index contributed by atoms with van der Waals surface area (Å²) in [4.78, 5) is 40.2. The average molecular weight is 454 g/mol. The van der Waals surface area contributed by atoms with Gasteiger partial charge in [-0.05, 0) is 25.1 Å². The van der Waals surface area contributed by atoms with Gasteiger partial charge in [0.25, 0.3) is 11.8 Å². The van der Waals surface area contributed by atoms with Gasteiger partial charge in [0, 0.05) is 53.7 Å². The van der Waals surface area contributed by atoms with E-state index in [0.29, 0.717) is 36.5 Å². The van der Waals surface area contributed by atoms with Crippen LogP contribution < -0.4 is 5.32 Å². The molecule has 5 aromatic rings. The maximum Gasteiger partial charge on any atom is 0.270 e. The van der Waals surface area contributed by atoms with Gasteiger partial charge in [0.15, 0.2) is 5.65 Å². The van der Waals surface area contributed by atoms with Crippen molar-refractivity contribution in [3.63, 3.8) is 0 Å². The third-order valence-electron chi connectivity index (χ3n) is 6.24. The number of benzene rings is 1. The number of aromatic nitrogens is 6. The Morgan fingerprint density at radius 2 is 2.03 bits per heavy atom. The lowest BCUT2D eigenvalue weighted by Gasteiger charge is -2.24. The molecule has 0 fully saturated rings. The zero-order valence-corrected chi connectivity index (χ0v) is 18.4. The van der Waals surface area contributed by atoms with Crippen LogP contribution in [0, 0.1) is 6.92 Å². The standard InChI is InChI=1S/C24H22N8O2/c1-14-18-8-16(10-26-22(18)30-29-14)23(33)27-17-11-31-7-6-25-21(31)13-32(12-17)24(34)20-9-15-4-2-3-5-19(15)28-20/h2-10,17,28H,11-13H2,1H3,(H,27,33)(H,26,29,30). The van der Waals surface area contributed by atoms with Crippen LogP contribution in [0.5, 0.6) is 0 Å². The predicted octanol–water partition coefficient (Wildman–Crippen LogP) is 2.40. The van der Waals surface area contributed by atoms with Gasteiger partial charge in [-0.15, -0.1) is 0 Å². The number of fused-ring (bicyclic) bond motifs is 3. The van der Waals surface area contributed by atoms with Crippen LogP contribution in [0.4, 0.5) is 0 Å². The molecule has 10 nitrogen and oxygen atoms in total. The third-order valence-corrected chi connectivity index (χ3v) is 6.24. The Kier molecular flexibility index (Phi) is 4.65. The second kappa shape index (κ2) is 7.84. The molecule has 0 aliphatic carbocycles. The molecule has 10 heteroatoms. The molecule has 0 spiro atoms. The first-order valence-electron chi connectivity index (χ1n) is 11.0. The minimum Gasteiger partial charge on any atom is -0.351 e. The highest BCUT2D eigenvalue weighted by atomic mass is 16.2. The van der Waals surface area contributed by atoms with Crippen LogP contribution >= 0.6 is 0 Å². The number of para-hydroxylation sites is 1. The van der Waals surface area contributed by atoms with Crippen molar-refractivity contribution in [3.05, 3.63) is 77.8 Å². The van der Waals surface area contributed by atoms with E-state index < -0.39 is 0 Å². The van der Waals surface area contributed by atoms with E-state index in [9.17, 15) is 9.59 Å². The summed E-state index contributed by atoms with van der Waals surface area (Å²) >= 11 is 0. The SMILES string of the molecule is Cc1[nH]nc2ncc(C(=O)NC3CN(C(=O)c4cc5ccccc5[nH]4)Cc4nccn4C3)cc12. The first-order chi connectivity index (χ1) is 16.5. The Balaban J connectivity index is 1.27. The molecule has 1 aliphatic rings. The zero-order chi connectivity index (χ0) is 23.2. The van der Waals surface area contributed by atoms with Gasteiger partial charge >= 0.3 is 0 Å². The van der Waals surface area contributed by atoms with Gasteiger partial charge in [0.2, 0.25) is 0 Å². The summed E-state index contributed by atoms with van der Waals surface area (Å²) < 4.78 is 1.98. The van der Waals surface area contributed by atoms with Gasteiger partial charge in [-0.1, -0.05) is 18.2 Å². The quantitative estimate of drug-likeness (QED) is 0.386. The Morgan fingerprint density at radius 1 is 1.15 bits per heavy atom. The lowest BCUT2D eigenvalue weighted by atomic mass is 10.1. The summed E-state index contributed by atoms with van der Waals surface area (Å²) in [5, 5.41) is 11.9. The van der Waals surface area contributed by atoms with Crippen LogP contribution in [0.2, 0.25) is 0 Å². The fourth-order valence-corrected chi connectivity index (χ4v) is 4.47. The zero-order valence-electron chi connectivity index (χ0n) is 18.4. The molecular formula is C24H22N8O2. The average Bonchev–Trinajstić information content (AvgIpc) is 3.54. The van der Waals surface area contributed by atoms with Crippen LogP contribution in [0.1, 0.15) is 32.4 Å². The second-order valence-electron chi connectivity index (χ2n) is 8.57. The maximum absolute atomic E-state index is 13.4. The Hall–Kier alpha value is -4.47. The van der Waals surface area contributed by atoms with Crippen molar-refractivity contribution in [3.8, 4) is 0 Å². The molecule has 0 bridgehead atoms. The molecule has 0 saturated carbocycles. The summed E-state index contributed by atoms with van der Waals surface area (Å²) in [6, 6.07) is 11.1. The van der Waals surface area contributed by atoms with Crippen LogP contribution in [-0.4, -0.2) is 59.0 Å². The Bertz CT molecular complexity index is 1510. The molecule has 4 aromatic heterocycles. The van der Waals surface area contributed by atoms with E-state index in [4.69, 9.17) is 0 Å². The Morgan fingerprint density at radius 3 is 2.91 bits per heavy atom. The number of carbonyl (C=O) groups is 2. The largest absolute Gasteiger partial charge is 0.351 e. The molecule has 5 heterocycles. The number of nitrogens with zero attached hydrogens (tertiary/aromatic N) is 5. The highest BCUT2D eigenvalue weighted by Crippen LogP contribution is 2.20. The number of carbonyl (C=O) groups excluding carboxylic acids is 2. The number of hydrogen-bond acceptors (Lipinski definition) is 5. The molecule has 2 amide bonds. The normalized spacial score (nSPS) is 15.9. The first kappa shape index (κ1) is 20.2. The van der Waals surface area contributed by atoms with Crippen molar-refractivity contribution >= 4 is 33.8 Å². The second-order valence-corrected chi connectivity index (χ2v) is 8.57. The van der Waals surface area contributed by atoms with Crippen molar-refractivity contribution in [1.29, 1.82) is 0 Å². The molecule has 1 aliphatic heterocycles.